The Bertz CT molecular complexity index is 956. The number of nitrogens with zero attached hydrogens (tertiary/aromatic N) is 3. The highest BCUT2D eigenvalue weighted by molar-refractivity contribution is 5.90. The molecule has 1 aromatic carbocycles. The van der Waals surface area contributed by atoms with Gasteiger partial charge in [0, 0.05) is 50.7 Å². The zero-order valence-electron chi connectivity index (χ0n) is 16.5. The van der Waals surface area contributed by atoms with Crippen LogP contribution < -0.4 is 15.8 Å². The quantitative estimate of drug-likeness (QED) is 0.248. The van der Waals surface area contributed by atoms with E-state index in [0.717, 1.165) is 10.5 Å². The monoisotopic (exact) mass is 416 g/mol. The molecule has 0 aliphatic rings. The predicted molar refractivity (Wildman–Crippen MR) is 110 cm³/mol. The van der Waals surface area contributed by atoms with Gasteiger partial charge >= 0.3 is 0 Å². The lowest BCUT2D eigenvalue weighted by molar-refractivity contribution is 0.123. The molecule has 0 atom stereocenters. The lowest BCUT2D eigenvalue weighted by atomic mass is 10.1. The number of halogens is 2. The van der Waals surface area contributed by atoms with E-state index < -0.39 is 13.0 Å². The number of alkyl halides is 2. The zero-order chi connectivity index (χ0) is 22.1. The highest BCUT2D eigenvalue weighted by atomic mass is 19.3. The largest absolute Gasteiger partial charge is 0.440 e. The molecule has 0 bridgehead atoms. The van der Waals surface area contributed by atoms with Crippen LogP contribution in [0.2, 0.25) is 0 Å². The van der Waals surface area contributed by atoms with Crippen LogP contribution in [0.15, 0.2) is 42.6 Å². The Kier molecular flexibility index (Phi) is 8.16. The molecule has 0 fully saturated rings. The molecule has 4 N–H and O–H groups in total. The molecule has 0 saturated carbocycles. The molecule has 10 heteroatoms. The van der Waals surface area contributed by atoms with Crippen LogP contribution in [0.5, 0.6) is 5.75 Å². The number of nitrogens with one attached hydrogen (secondary N) is 2. The maximum absolute atomic E-state index is 12.6. The van der Waals surface area contributed by atoms with Gasteiger partial charge in [-0.2, -0.15) is 0 Å². The zero-order valence-corrected chi connectivity index (χ0v) is 16.5. The third-order valence-electron chi connectivity index (χ3n) is 3.97. The first-order chi connectivity index (χ1) is 14.4. The first kappa shape index (κ1) is 22.7. The number of ether oxygens (including phenoxy) is 1. The number of rotatable bonds is 9. The molecule has 2 aromatic rings. The van der Waals surface area contributed by atoms with E-state index in [1.54, 1.807) is 43.6 Å². The lowest BCUT2D eigenvalue weighted by Gasteiger charge is -2.19. The van der Waals surface area contributed by atoms with Crippen molar-refractivity contribution >= 4 is 17.9 Å². The van der Waals surface area contributed by atoms with Gasteiger partial charge in [-0.1, -0.05) is 6.07 Å². The van der Waals surface area contributed by atoms with Crippen molar-refractivity contribution in [1.29, 1.82) is 5.41 Å². The van der Waals surface area contributed by atoms with Gasteiger partial charge < -0.3 is 20.7 Å². The molecule has 0 aliphatic carbocycles. The van der Waals surface area contributed by atoms with Gasteiger partial charge in [0.2, 0.25) is 0 Å². The summed E-state index contributed by atoms with van der Waals surface area (Å²) >= 11 is 0. The van der Waals surface area contributed by atoms with Gasteiger partial charge in [-0.05, 0) is 17.7 Å². The van der Waals surface area contributed by atoms with Gasteiger partial charge in [0.05, 0.1) is 12.1 Å². The molecule has 0 amide bonds. The van der Waals surface area contributed by atoms with Crippen LogP contribution in [0.3, 0.4) is 0 Å². The Hall–Kier alpha value is -3.62. The predicted octanol–water partition coefficient (Wildman–Crippen LogP) is 2.06. The Morgan fingerprint density at radius 2 is 2.10 bits per heavy atom. The molecule has 1 heterocycles. The van der Waals surface area contributed by atoms with Crippen LogP contribution >= 0.6 is 0 Å². The number of aromatic nitrogens is 2. The molecule has 2 rings (SSSR count). The summed E-state index contributed by atoms with van der Waals surface area (Å²) < 4.78 is 31.0. The molecular formula is C20H22F2N6O2. The molecule has 0 spiro atoms. The molecular weight excluding hydrogens is 394 g/mol. The number of likely N-dealkylation sites (N-methyl/N-ethyl adjacent to an activating group) is 1. The standard InChI is InChI=1S/C20H22F2N6O2/c1-25-19(8-18(24)28(2)12-17(21)22)30-16-7-13(5-6-29)3-4-15(16)20-26-10-14(9-23)11-27-20/h3-5,7-8,10-11,17,24-25H,9,12,23H2,1-2H3/b19-8+,24-18?. The van der Waals surface area contributed by atoms with Gasteiger partial charge in [0.1, 0.15) is 17.5 Å². The Morgan fingerprint density at radius 1 is 1.40 bits per heavy atom. The minimum atomic E-state index is -2.57. The summed E-state index contributed by atoms with van der Waals surface area (Å²) in [5.74, 6) is 2.32. The van der Waals surface area contributed by atoms with E-state index in [0.29, 0.717) is 29.2 Å². The van der Waals surface area contributed by atoms with Gasteiger partial charge in [-0.15, -0.1) is 0 Å². The van der Waals surface area contributed by atoms with Crippen molar-refractivity contribution in [2.24, 2.45) is 5.73 Å². The fourth-order valence-electron chi connectivity index (χ4n) is 2.38. The van der Waals surface area contributed by atoms with Crippen LogP contribution in [-0.2, 0) is 11.3 Å². The number of amidine groups is 1. The Balaban J connectivity index is 2.40. The van der Waals surface area contributed by atoms with Crippen molar-refractivity contribution in [3.05, 3.63) is 53.7 Å². The van der Waals surface area contributed by atoms with E-state index in [2.05, 4.69) is 15.3 Å². The second-order valence-corrected chi connectivity index (χ2v) is 6.15. The molecule has 30 heavy (non-hydrogen) atoms. The van der Waals surface area contributed by atoms with E-state index in [1.807, 2.05) is 0 Å². The SMILES string of the molecule is CN/C(=C\C(=N)N(C)CC(F)F)Oc1cc(C=C=O)ccc1-c1ncc(CN)cn1. The number of hydrogen-bond acceptors (Lipinski definition) is 7. The van der Waals surface area contributed by atoms with E-state index in [-0.39, 0.29) is 11.7 Å². The molecule has 8 nitrogen and oxygen atoms in total. The van der Waals surface area contributed by atoms with Crippen LogP contribution in [0, 0.1) is 5.41 Å². The third kappa shape index (κ3) is 6.20. The second kappa shape index (κ2) is 10.8. The summed E-state index contributed by atoms with van der Waals surface area (Å²) in [6.45, 7) is -0.286. The van der Waals surface area contributed by atoms with Crippen molar-refractivity contribution in [2.45, 2.75) is 13.0 Å². The Morgan fingerprint density at radius 3 is 2.67 bits per heavy atom. The van der Waals surface area contributed by atoms with E-state index >= 15 is 0 Å². The molecule has 0 unspecified atom stereocenters. The van der Waals surface area contributed by atoms with E-state index in [1.165, 1.54) is 19.2 Å². The summed E-state index contributed by atoms with van der Waals surface area (Å²) in [5, 5.41) is 10.7. The maximum atomic E-state index is 12.6. The molecule has 0 aliphatic heterocycles. The van der Waals surface area contributed by atoms with Crippen molar-refractivity contribution < 1.29 is 18.3 Å². The Labute approximate surface area is 172 Å². The van der Waals surface area contributed by atoms with Gasteiger partial charge in [0.25, 0.3) is 6.43 Å². The van der Waals surface area contributed by atoms with Crippen molar-refractivity contribution in [2.75, 3.05) is 20.6 Å². The lowest BCUT2D eigenvalue weighted by Crippen LogP contribution is -2.30. The molecule has 0 saturated heterocycles. The first-order valence-electron chi connectivity index (χ1n) is 8.89. The fourth-order valence-corrected chi connectivity index (χ4v) is 2.38. The second-order valence-electron chi connectivity index (χ2n) is 6.15. The smallest absolute Gasteiger partial charge is 0.255 e. The minimum Gasteiger partial charge on any atom is -0.440 e. The summed E-state index contributed by atoms with van der Waals surface area (Å²) in [5.41, 5.74) is 7.39. The highest BCUT2D eigenvalue weighted by Crippen LogP contribution is 2.30. The number of benzene rings is 1. The van der Waals surface area contributed by atoms with Crippen LogP contribution in [-0.4, -0.2) is 53.7 Å². The van der Waals surface area contributed by atoms with Gasteiger partial charge in [-0.3, -0.25) is 5.41 Å². The van der Waals surface area contributed by atoms with Crippen LogP contribution in [0.1, 0.15) is 11.1 Å². The summed E-state index contributed by atoms with van der Waals surface area (Å²) in [4.78, 5) is 20.4. The number of hydrogen-bond donors (Lipinski definition) is 3. The minimum absolute atomic E-state index is 0.133. The van der Waals surface area contributed by atoms with E-state index in [4.69, 9.17) is 15.9 Å². The van der Waals surface area contributed by atoms with Crippen molar-refractivity contribution in [3.63, 3.8) is 0 Å². The van der Waals surface area contributed by atoms with E-state index in [9.17, 15) is 13.6 Å². The van der Waals surface area contributed by atoms with Crippen LogP contribution in [0.4, 0.5) is 8.78 Å². The third-order valence-corrected chi connectivity index (χ3v) is 3.97. The normalized spacial score (nSPS) is 11.1. The topological polar surface area (TPSA) is 117 Å². The van der Waals surface area contributed by atoms with Gasteiger partial charge in [0.15, 0.2) is 11.7 Å². The summed E-state index contributed by atoms with van der Waals surface area (Å²) in [6.07, 6.45) is 3.11. The summed E-state index contributed by atoms with van der Waals surface area (Å²) in [6, 6.07) is 4.93. The average Bonchev–Trinajstić information content (AvgIpc) is 2.73. The van der Waals surface area contributed by atoms with Crippen LogP contribution in [0.25, 0.3) is 17.5 Å². The fraction of sp³-hybridized carbons (Fsp3) is 0.250. The van der Waals surface area contributed by atoms with Gasteiger partial charge in [-0.25, -0.2) is 23.5 Å². The number of nitrogens with two attached hydrogens (primary N) is 1. The first-order valence-corrected chi connectivity index (χ1v) is 8.89. The summed E-state index contributed by atoms with van der Waals surface area (Å²) in [7, 11) is 2.94. The molecule has 0 radical (unpaired) electrons. The van der Waals surface area contributed by atoms with Crippen molar-refractivity contribution in [3.8, 4) is 17.1 Å². The number of carbonyl (C=O) groups excluding carboxylic acids is 1. The molecule has 158 valence electrons. The van der Waals surface area contributed by atoms with Crippen molar-refractivity contribution in [1.82, 2.24) is 20.2 Å². The average molecular weight is 416 g/mol. The highest BCUT2D eigenvalue weighted by Gasteiger charge is 2.14. The maximum Gasteiger partial charge on any atom is 0.255 e. The molecule has 1 aromatic heterocycles.